The van der Waals surface area contributed by atoms with Gasteiger partial charge in [0.05, 0.1) is 13.2 Å². The number of halogens is 1. The molecule has 2 atom stereocenters. The molecule has 6 rings (SSSR count). The normalized spacial score (nSPS) is 27.5. The number of fused-ring (bicyclic) bond motifs is 4. The van der Waals surface area contributed by atoms with Crippen LogP contribution in [0.15, 0.2) is 36.4 Å². The van der Waals surface area contributed by atoms with Gasteiger partial charge in [-0.15, -0.1) is 0 Å². The van der Waals surface area contributed by atoms with Gasteiger partial charge in [-0.25, -0.2) is 9.18 Å². The number of alkyl carbamates (subject to hydrolysis) is 1. The maximum absolute atomic E-state index is 15.3. The Kier molecular flexibility index (Phi) is 5.81. The number of rotatable bonds is 4. The number of methoxy groups -OCH3 is 1. The molecule has 0 saturated carbocycles. The molecule has 3 aliphatic heterocycles. The number of carbonyl (C=O) groups excluding carboxylic acids is 1. The molecule has 3 fully saturated rings. The Bertz CT molecular complexity index is 1050. The van der Waals surface area contributed by atoms with Gasteiger partial charge in [-0.1, -0.05) is 26.0 Å². The molecular weight excluding hydrogens is 419 g/mol. The van der Waals surface area contributed by atoms with Crippen LogP contribution in [0.3, 0.4) is 0 Å². The number of ether oxygens (including phenoxy) is 2. The highest BCUT2D eigenvalue weighted by molar-refractivity contribution is 5.70. The fraction of sp³-hybridized carbons (Fsp3) is 0.519. The highest BCUT2D eigenvalue weighted by Gasteiger charge is 2.40. The van der Waals surface area contributed by atoms with Crippen molar-refractivity contribution in [2.24, 2.45) is 11.3 Å². The first-order valence-corrected chi connectivity index (χ1v) is 12.0. The molecule has 4 aliphatic rings. The molecule has 0 aromatic heterocycles. The largest absolute Gasteiger partial charge is 0.497 e. The molecule has 3 heterocycles. The number of benzene rings is 2. The monoisotopic (exact) mass is 452 g/mol. The zero-order valence-corrected chi connectivity index (χ0v) is 19.7. The molecular formula is C27H33FN2O3. The third kappa shape index (κ3) is 4.33. The molecule has 0 unspecified atom stereocenters. The van der Waals surface area contributed by atoms with Gasteiger partial charge in [-0.05, 0) is 91.1 Å². The van der Waals surface area contributed by atoms with Crippen molar-refractivity contribution >= 4 is 6.09 Å². The number of aryl methyl sites for hydroxylation is 1. The van der Waals surface area contributed by atoms with Crippen molar-refractivity contribution in [3.63, 3.8) is 0 Å². The van der Waals surface area contributed by atoms with Crippen molar-refractivity contribution in [2.45, 2.75) is 51.7 Å². The van der Waals surface area contributed by atoms with Crippen LogP contribution >= 0.6 is 0 Å². The summed E-state index contributed by atoms with van der Waals surface area (Å²) in [6.07, 6.45) is 3.48. The number of nitrogens with one attached hydrogen (secondary N) is 1. The lowest BCUT2D eigenvalue weighted by Crippen LogP contribution is -2.53. The van der Waals surface area contributed by atoms with E-state index < -0.39 is 6.09 Å². The minimum Gasteiger partial charge on any atom is -0.497 e. The molecule has 2 bridgehead atoms. The molecule has 6 heteroatoms. The molecule has 1 N–H and O–H groups in total. The Labute approximate surface area is 195 Å². The van der Waals surface area contributed by atoms with Gasteiger partial charge in [0.15, 0.2) is 0 Å². The van der Waals surface area contributed by atoms with E-state index >= 15 is 4.39 Å². The molecule has 1 amide bonds. The Hall–Kier alpha value is -2.60. The van der Waals surface area contributed by atoms with E-state index in [1.807, 2.05) is 30.3 Å². The Morgan fingerprint density at radius 1 is 1.18 bits per heavy atom. The number of carbonyl (C=O) groups is 1. The summed E-state index contributed by atoms with van der Waals surface area (Å²) >= 11 is 0. The van der Waals surface area contributed by atoms with Crippen molar-refractivity contribution in [1.29, 1.82) is 0 Å². The second-order valence-corrected chi connectivity index (χ2v) is 10.4. The fourth-order valence-electron chi connectivity index (χ4n) is 5.76. The van der Waals surface area contributed by atoms with E-state index in [-0.39, 0.29) is 23.4 Å². The van der Waals surface area contributed by atoms with Crippen LogP contribution in [0, 0.1) is 17.2 Å². The summed E-state index contributed by atoms with van der Waals surface area (Å²) in [5.74, 6) is 0.855. The highest BCUT2D eigenvalue weighted by Crippen LogP contribution is 2.45. The second-order valence-electron chi connectivity index (χ2n) is 10.4. The third-order valence-corrected chi connectivity index (χ3v) is 7.86. The summed E-state index contributed by atoms with van der Waals surface area (Å²) in [7, 11) is 1.61. The number of nitrogens with zero attached hydrogens (tertiary/aromatic N) is 1. The summed E-state index contributed by atoms with van der Waals surface area (Å²) in [6, 6.07) is 10.7. The van der Waals surface area contributed by atoms with Crippen molar-refractivity contribution in [1.82, 2.24) is 10.2 Å². The first-order chi connectivity index (χ1) is 15.8. The van der Waals surface area contributed by atoms with Crippen molar-refractivity contribution in [3.05, 3.63) is 53.3 Å². The Morgan fingerprint density at radius 2 is 1.97 bits per heavy atom. The van der Waals surface area contributed by atoms with E-state index in [2.05, 4.69) is 24.1 Å². The average molecular weight is 453 g/mol. The maximum Gasteiger partial charge on any atom is 0.407 e. The molecule has 1 aliphatic carbocycles. The SMILES string of the molecule is COc1cccc(-c2cc3c(cc2F)[C@H](NC(=O)O[C@@H]2CN4CCC2CC4)C(C)(C)CC3)c1. The third-order valence-electron chi connectivity index (χ3n) is 7.86. The second kappa shape index (κ2) is 8.64. The smallest absolute Gasteiger partial charge is 0.407 e. The minimum atomic E-state index is -0.392. The molecule has 176 valence electrons. The number of hydrogen-bond acceptors (Lipinski definition) is 4. The van der Waals surface area contributed by atoms with Crippen LogP contribution in [0.25, 0.3) is 11.1 Å². The summed E-state index contributed by atoms with van der Waals surface area (Å²) in [5.41, 5.74) is 3.06. The van der Waals surface area contributed by atoms with Gasteiger partial charge >= 0.3 is 6.09 Å². The summed E-state index contributed by atoms with van der Waals surface area (Å²) in [6.45, 7) is 7.28. The van der Waals surface area contributed by atoms with Crippen molar-refractivity contribution in [3.8, 4) is 16.9 Å². The fourth-order valence-corrected chi connectivity index (χ4v) is 5.76. The zero-order chi connectivity index (χ0) is 23.2. The maximum atomic E-state index is 15.3. The summed E-state index contributed by atoms with van der Waals surface area (Å²) in [4.78, 5) is 15.3. The van der Waals surface area contributed by atoms with E-state index in [9.17, 15) is 4.79 Å². The van der Waals surface area contributed by atoms with Gasteiger partial charge in [-0.2, -0.15) is 0 Å². The summed E-state index contributed by atoms with van der Waals surface area (Å²) in [5, 5.41) is 3.11. The van der Waals surface area contributed by atoms with Gasteiger partial charge in [-0.3, -0.25) is 4.90 Å². The molecule has 33 heavy (non-hydrogen) atoms. The average Bonchev–Trinajstić information content (AvgIpc) is 2.81. The quantitative estimate of drug-likeness (QED) is 0.681. The van der Waals surface area contributed by atoms with E-state index in [0.29, 0.717) is 17.2 Å². The van der Waals surface area contributed by atoms with Crippen LogP contribution in [-0.4, -0.2) is 43.8 Å². The van der Waals surface area contributed by atoms with Crippen LogP contribution < -0.4 is 10.1 Å². The first kappa shape index (κ1) is 22.2. The number of piperidine rings is 3. The molecule has 0 spiro atoms. The Morgan fingerprint density at radius 3 is 2.67 bits per heavy atom. The Balaban J connectivity index is 1.39. The lowest BCUT2D eigenvalue weighted by atomic mass is 9.70. The molecule has 5 nitrogen and oxygen atoms in total. The van der Waals surface area contributed by atoms with Gasteiger partial charge in [0, 0.05) is 12.1 Å². The van der Waals surface area contributed by atoms with Crippen LogP contribution in [0.4, 0.5) is 9.18 Å². The minimum absolute atomic E-state index is 0.0501. The lowest BCUT2D eigenvalue weighted by Gasteiger charge is -2.44. The number of hydrogen-bond donors (Lipinski definition) is 1. The first-order valence-electron chi connectivity index (χ1n) is 12.0. The van der Waals surface area contributed by atoms with Gasteiger partial charge in [0.2, 0.25) is 0 Å². The summed E-state index contributed by atoms with van der Waals surface area (Å²) < 4.78 is 26.5. The highest BCUT2D eigenvalue weighted by atomic mass is 19.1. The van der Waals surface area contributed by atoms with E-state index in [0.717, 1.165) is 62.0 Å². The number of amides is 1. The van der Waals surface area contributed by atoms with Crippen LogP contribution in [0.2, 0.25) is 0 Å². The van der Waals surface area contributed by atoms with Crippen LogP contribution in [0.5, 0.6) is 5.75 Å². The molecule has 2 aromatic carbocycles. The topological polar surface area (TPSA) is 50.8 Å². The predicted molar refractivity (Wildman–Crippen MR) is 126 cm³/mol. The van der Waals surface area contributed by atoms with Crippen molar-refractivity contribution in [2.75, 3.05) is 26.7 Å². The molecule has 3 saturated heterocycles. The standard InChI is InChI=1S/C27H33FN2O3/c1-27(2)10-7-19-14-21(18-5-4-6-20(13-18)32-3)23(28)15-22(19)25(27)29-26(31)33-24-16-30-11-8-17(24)9-12-30/h4-6,13-15,17,24-25H,7-12,16H2,1-3H3,(H,29,31)/t24-,25+/m1/s1. The van der Waals surface area contributed by atoms with E-state index in [1.54, 1.807) is 13.2 Å². The van der Waals surface area contributed by atoms with Crippen LogP contribution in [0.1, 0.15) is 50.3 Å². The molecule has 0 radical (unpaired) electrons. The zero-order valence-electron chi connectivity index (χ0n) is 19.7. The lowest BCUT2D eigenvalue weighted by molar-refractivity contribution is -0.0353. The van der Waals surface area contributed by atoms with Crippen LogP contribution in [-0.2, 0) is 11.2 Å². The van der Waals surface area contributed by atoms with E-state index in [4.69, 9.17) is 9.47 Å². The van der Waals surface area contributed by atoms with Gasteiger partial charge in [0.1, 0.15) is 17.7 Å². The van der Waals surface area contributed by atoms with Crippen molar-refractivity contribution < 1.29 is 18.7 Å². The van der Waals surface area contributed by atoms with Gasteiger partial charge < -0.3 is 14.8 Å². The molecule has 2 aromatic rings. The predicted octanol–water partition coefficient (Wildman–Crippen LogP) is 5.34. The van der Waals surface area contributed by atoms with E-state index in [1.165, 1.54) is 0 Å². The van der Waals surface area contributed by atoms with Gasteiger partial charge in [0.25, 0.3) is 0 Å².